The lowest BCUT2D eigenvalue weighted by Gasteiger charge is -2.39. The second-order valence-electron chi connectivity index (χ2n) is 8.63. The van der Waals surface area contributed by atoms with Gasteiger partial charge in [-0.2, -0.15) is 0 Å². The summed E-state index contributed by atoms with van der Waals surface area (Å²) >= 11 is 0. The third-order valence-corrected chi connectivity index (χ3v) is 6.98. The highest BCUT2D eigenvalue weighted by molar-refractivity contribution is 4.84. The zero-order valence-corrected chi connectivity index (χ0v) is 16.5. The van der Waals surface area contributed by atoms with Crippen LogP contribution in [0.1, 0.15) is 97.3 Å². The van der Waals surface area contributed by atoms with Crippen LogP contribution in [0.4, 0.5) is 0 Å². The van der Waals surface area contributed by atoms with Crippen molar-refractivity contribution < 1.29 is 4.74 Å². The van der Waals surface area contributed by atoms with E-state index in [1.54, 1.807) is 0 Å². The second kappa shape index (κ2) is 11.3. The van der Waals surface area contributed by atoms with E-state index < -0.39 is 0 Å². The van der Waals surface area contributed by atoms with Gasteiger partial charge in [-0.1, -0.05) is 57.9 Å². The lowest BCUT2D eigenvalue weighted by molar-refractivity contribution is 0.0153. The largest absolute Gasteiger partial charge is 0.374 e. The van der Waals surface area contributed by atoms with Crippen molar-refractivity contribution in [3.8, 4) is 0 Å². The van der Waals surface area contributed by atoms with Crippen LogP contribution in [0.5, 0.6) is 0 Å². The highest BCUT2D eigenvalue weighted by Gasteiger charge is 2.32. The molecule has 0 bridgehead atoms. The Hall–Kier alpha value is -0.300. The molecule has 0 N–H and O–H groups in total. The van der Waals surface area contributed by atoms with Gasteiger partial charge in [0.25, 0.3) is 0 Å². The highest BCUT2D eigenvalue weighted by atomic mass is 16.5. The van der Waals surface area contributed by atoms with Crippen LogP contribution in [0.2, 0.25) is 0 Å². The maximum absolute atomic E-state index is 5.86. The summed E-state index contributed by atoms with van der Waals surface area (Å²) < 4.78 is 5.86. The topological polar surface area (TPSA) is 9.23 Å². The van der Waals surface area contributed by atoms with E-state index in [2.05, 4.69) is 20.4 Å². The van der Waals surface area contributed by atoms with Crippen LogP contribution in [0.25, 0.3) is 0 Å². The molecular formula is C23H42O. The summed E-state index contributed by atoms with van der Waals surface area (Å²) in [5, 5.41) is 0. The Morgan fingerprint density at radius 3 is 2.12 bits per heavy atom. The smallest absolute Gasteiger partial charge is 0.0648 e. The average Bonchev–Trinajstić information content (AvgIpc) is 2.64. The van der Waals surface area contributed by atoms with Crippen LogP contribution >= 0.6 is 0 Å². The summed E-state index contributed by atoms with van der Waals surface area (Å²) in [4.78, 5) is 0. The van der Waals surface area contributed by atoms with Gasteiger partial charge >= 0.3 is 0 Å². The number of ether oxygens (including phenoxy) is 1. The fourth-order valence-corrected chi connectivity index (χ4v) is 5.25. The molecule has 2 aliphatic rings. The zero-order chi connectivity index (χ0) is 17.2. The van der Waals surface area contributed by atoms with Crippen LogP contribution in [0.3, 0.4) is 0 Å². The van der Waals surface area contributed by atoms with Gasteiger partial charge in [0, 0.05) is 0 Å². The first-order valence-corrected chi connectivity index (χ1v) is 11.0. The molecular weight excluding hydrogens is 292 g/mol. The van der Waals surface area contributed by atoms with Gasteiger partial charge in [-0.25, -0.2) is 0 Å². The molecule has 2 fully saturated rings. The van der Waals surface area contributed by atoms with Gasteiger partial charge in [0.05, 0.1) is 12.7 Å². The molecule has 1 heteroatoms. The standard InChI is InChI=1S/C23H42O/c1-4-6-7-8-9-20-10-12-22(13-11-20)23-16-14-21(15-17-23)19(3)24-18-5-2/h5,19-23H,2,4,6-18H2,1,3H3/t19?,20?,21-,22?,23-. The maximum atomic E-state index is 5.86. The van der Waals surface area contributed by atoms with Gasteiger partial charge in [0.1, 0.15) is 0 Å². The van der Waals surface area contributed by atoms with Crippen LogP contribution < -0.4 is 0 Å². The molecule has 2 aliphatic carbocycles. The van der Waals surface area contributed by atoms with Crippen molar-refractivity contribution in [2.45, 2.75) is 103 Å². The third-order valence-electron chi connectivity index (χ3n) is 6.98. The molecule has 0 saturated heterocycles. The molecule has 0 spiro atoms. The van der Waals surface area contributed by atoms with E-state index in [0.29, 0.717) is 12.7 Å². The van der Waals surface area contributed by atoms with Gasteiger partial charge in [0.15, 0.2) is 0 Å². The molecule has 0 aromatic rings. The fourth-order valence-electron chi connectivity index (χ4n) is 5.25. The molecule has 1 atom stereocenters. The number of hydrogen-bond acceptors (Lipinski definition) is 1. The first kappa shape index (κ1) is 20.0. The lowest BCUT2D eigenvalue weighted by Crippen LogP contribution is -2.30. The minimum absolute atomic E-state index is 0.419. The molecule has 0 radical (unpaired) electrons. The summed E-state index contributed by atoms with van der Waals surface area (Å²) in [6.07, 6.45) is 21.3. The quantitative estimate of drug-likeness (QED) is 0.304. The third kappa shape index (κ3) is 6.54. The molecule has 0 heterocycles. The van der Waals surface area contributed by atoms with Crippen LogP contribution in [-0.4, -0.2) is 12.7 Å². The predicted octanol–water partition coefficient (Wildman–Crippen LogP) is 7.16. The van der Waals surface area contributed by atoms with Crippen LogP contribution in [-0.2, 0) is 4.74 Å². The molecule has 0 aromatic carbocycles. The Morgan fingerprint density at radius 2 is 1.54 bits per heavy atom. The van der Waals surface area contributed by atoms with Gasteiger partial charge < -0.3 is 4.74 Å². The fraction of sp³-hybridized carbons (Fsp3) is 0.913. The van der Waals surface area contributed by atoms with E-state index in [-0.39, 0.29) is 0 Å². The van der Waals surface area contributed by atoms with Crippen molar-refractivity contribution >= 4 is 0 Å². The number of rotatable bonds is 10. The molecule has 2 rings (SSSR count). The molecule has 0 amide bonds. The van der Waals surface area contributed by atoms with Crippen molar-refractivity contribution in [2.24, 2.45) is 23.7 Å². The van der Waals surface area contributed by atoms with Crippen molar-refractivity contribution in [2.75, 3.05) is 6.61 Å². The van der Waals surface area contributed by atoms with Crippen molar-refractivity contribution in [1.82, 2.24) is 0 Å². The first-order chi connectivity index (χ1) is 11.7. The molecule has 1 nitrogen and oxygen atoms in total. The van der Waals surface area contributed by atoms with E-state index in [0.717, 1.165) is 23.7 Å². The van der Waals surface area contributed by atoms with Gasteiger partial charge in [-0.3, -0.25) is 0 Å². The van der Waals surface area contributed by atoms with Gasteiger partial charge in [-0.05, 0) is 69.1 Å². The molecule has 0 aromatic heterocycles. The summed E-state index contributed by atoms with van der Waals surface area (Å²) in [5.74, 6) is 3.91. The summed E-state index contributed by atoms with van der Waals surface area (Å²) in [6.45, 7) is 9.05. The maximum Gasteiger partial charge on any atom is 0.0648 e. The summed E-state index contributed by atoms with van der Waals surface area (Å²) in [6, 6.07) is 0. The van der Waals surface area contributed by atoms with E-state index in [1.807, 2.05) is 6.08 Å². The second-order valence-corrected chi connectivity index (χ2v) is 8.63. The van der Waals surface area contributed by atoms with Gasteiger partial charge in [-0.15, -0.1) is 6.58 Å². The number of hydrogen-bond donors (Lipinski definition) is 0. The van der Waals surface area contributed by atoms with E-state index >= 15 is 0 Å². The zero-order valence-electron chi connectivity index (χ0n) is 16.5. The Bertz CT molecular complexity index is 321. The first-order valence-electron chi connectivity index (χ1n) is 11.0. The minimum atomic E-state index is 0.419. The van der Waals surface area contributed by atoms with Crippen molar-refractivity contribution in [3.63, 3.8) is 0 Å². The summed E-state index contributed by atoms with van der Waals surface area (Å²) in [5.41, 5.74) is 0. The Morgan fingerprint density at radius 1 is 0.917 bits per heavy atom. The van der Waals surface area contributed by atoms with Crippen LogP contribution in [0.15, 0.2) is 12.7 Å². The Kier molecular flexibility index (Phi) is 9.46. The molecule has 140 valence electrons. The van der Waals surface area contributed by atoms with Crippen LogP contribution in [0, 0.1) is 23.7 Å². The Balaban J connectivity index is 1.61. The van der Waals surface area contributed by atoms with Gasteiger partial charge in [0.2, 0.25) is 0 Å². The molecule has 1 unspecified atom stereocenters. The minimum Gasteiger partial charge on any atom is -0.374 e. The van der Waals surface area contributed by atoms with Crippen molar-refractivity contribution in [1.29, 1.82) is 0 Å². The SMILES string of the molecule is C=CCOC(C)[C@H]1CC[C@H](C2CCC(CCCCCC)CC2)CC1. The molecule has 2 saturated carbocycles. The van der Waals surface area contributed by atoms with E-state index in [4.69, 9.17) is 4.74 Å². The number of unbranched alkanes of at least 4 members (excludes halogenated alkanes) is 3. The molecule has 0 aliphatic heterocycles. The summed E-state index contributed by atoms with van der Waals surface area (Å²) in [7, 11) is 0. The van der Waals surface area contributed by atoms with Crippen molar-refractivity contribution in [3.05, 3.63) is 12.7 Å². The van der Waals surface area contributed by atoms with E-state index in [9.17, 15) is 0 Å². The Labute approximate surface area is 151 Å². The monoisotopic (exact) mass is 334 g/mol. The predicted molar refractivity (Wildman–Crippen MR) is 105 cm³/mol. The normalized spacial score (nSPS) is 32.4. The highest BCUT2D eigenvalue weighted by Crippen LogP contribution is 2.43. The van der Waals surface area contributed by atoms with E-state index in [1.165, 1.54) is 83.5 Å². The molecule has 24 heavy (non-hydrogen) atoms. The average molecular weight is 335 g/mol. The lowest BCUT2D eigenvalue weighted by atomic mass is 9.68.